The lowest BCUT2D eigenvalue weighted by Crippen LogP contribution is -2.36. The van der Waals surface area contributed by atoms with E-state index in [-0.39, 0.29) is 5.92 Å². The summed E-state index contributed by atoms with van der Waals surface area (Å²) >= 11 is 0. The number of hydrogen-bond acceptors (Lipinski definition) is 5. The molecule has 1 aromatic heterocycles. The van der Waals surface area contributed by atoms with Gasteiger partial charge in [-0.3, -0.25) is 0 Å². The van der Waals surface area contributed by atoms with Gasteiger partial charge in [0.25, 0.3) is 0 Å². The van der Waals surface area contributed by atoms with Crippen molar-refractivity contribution in [3.63, 3.8) is 0 Å². The van der Waals surface area contributed by atoms with Gasteiger partial charge < -0.3 is 20.1 Å². The van der Waals surface area contributed by atoms with Crippen molar-refractivity contribution in [2.24, 2.45) is 0 Å². The molecule has 2 N–H and O–H groups in total. The molecule has 22 heavy (non-hydrogen) atoms. The van der Waals surface area contributed by atoms with Crippen LogP contribution in [0.1, 0.15) is 30.9 Å². The molecule has 0 spiro atoms. The van der Waals surface area contributed by atoms with Crippen molar-refractivity contribution >= 4 is 11.8 Å². The van der Waals surface area contributed by atoms with Gasteiger partial charge in [-0.2, -0.15) is 5.26 Å². The van der Waals surface area contributed by atoms with Crippen molar-refractivity contribution < 1.29 is 14.6 Å². The number of carbonyl (C=O) groups is 1. The molecule has 1 amide bonds. The second-order valence-electron chi connectivity index (χ2n) is 5.17. The minimum Gasteiger partial charge on any atom is -0.480 e. The fourth-order valence-corrected chi connectivity index (χ4v) is 2.59. The Bertz CT molecular complexity index is 562. The number of nitrogens with one attached hydrogen (secondary N) is 1. The molecule has 0 atom stereocenters. The zero-order chi connectivity index (χ0) is 15.9. The summed E-state index contributed by atoms with van der Waals surface area (Å²) in [5.41, 5.74) is 1.69. The molecule has 1 saturated heterocycles. The van der Waals surface area contributed by atoms with Crippen LogP contribution < -0.4 is 10.1 Å². The average Bonchev–Trinajstić information content (AvgIpc) is 2.55. The van der Waals surface area contributed by atoms with Crippen LogP contribution in [0, 0.1) is 11.3 Å². The van der Waals surface area contributed by atoms with E-state index in [1.54, 1.807) is 7.11 Å². The maximum atomic E-state index is 10.9. The Hall–Kier alpha value is -2.49. The van der Waals surface area contributed by atoms with Gasteiger partial charge >= 0.3 is 6.09 Å². The molecule has 0 aliphatic carbocycles. The lowest BCUT2D eigenvalue weighted by Gasteiger charge is -2.29. The molecular weight excluding hydrogens is 284 g/mol. The Labute approximate surface area is 129 Å². The molecule has 1 aromatic rings. The molecule has 0 saturated carbocycles. The summed E-state index contributed by atoms with van der Waals surface area (Å²) in [5, 5.41) is 20.7. The number of rotatable bonds is 5. The number of likely N-dealkylation sites (tertiary alicyclic amines) is 1. The van der Waals surface area contributed by atoms with Gasteiger partial charge in [-0.25, -0.2) is 9.78 Å². The number of piperidine rings is 1. The van der Waals surface area contributed by atoms with Gasteiger partial charge in [-0.15, -0.1) is 0 Å². The van der Waals surface area contributed by atoms with Crippen molar-refractivity contribution in [2.75, 3.05) is 32.1 Å². The molecule has 118 valence electrons. The third-order valence-electron chi connectivity index (χ3n) is 3.81. The minimum atomic E-state index is -0.860. The Kier molecular flexibility index (Phi) is 5.42. The van der Waals surface area contributed by atoms with Crippen molar-refractivity contribution in [2.45, 2.75) is 25.2 Å². The van der Waals surface area contributed by atoms with Crippen molar-refractivity contribution in [3.05, 3.63) is 17.8 Å². The highest BCUT2D eigenvalue weighted by molar-refractivity contribution is 5.65. The summed E-state index contributed by atoms with van der Waals surface area (Å²) in [7, 11) is 1.56. The van der Waals surface area contributed by atoms with E-state index in [1.165, 1.54) is 4.90 Å². The third-order valence-corrected chi connectivity index (χ3v) is 3.81. The Morgan fingerprint density at radius 3 is 2.86 bits per heavy atom. The van der Waals surface area contributed by atoms with Gasteiger partial charge in [0.2, 0.25) is 5.88 Å². The van der Waals surface area contributed by atoms with E-state index >= 15 is 0 Å². The van der Waals surface area contributed by atoms with Crippen LogP contribution in [0.25, 0.3) is 0 Å². The molecule has 2 rings (SSSR count). The summed E-state index contributed by atoms with van der Waals surface area (Å²) in [6, 6.07) is 5.92. The molecule has 7 heteroatoms. The predicted molar refractivity (Wildman–Crippen MR) is 81.1 cm³/mol. The average molecular weight is 304 g/mol. The number of carboxylic acid groups (broad SMARTS) is 1. The Morgan fingerprint density at radius 2 is 2.27 bits per heavy atom. The first kappa shape index (κ1) is 15.9. The summed E-state index contributed by atoms with van der Waals surface area (Å²) in [4.78, 5) is 16.9. The highest BCUT2D eigenvalue weighted by Gasteiger charge is 2.24. The number of methoxy groups -OCH3 is 1. The smallest absolute Gasteiger partial charge is 0.407 e. The van der Waals surface area contributed by atoms with Crippen LogP contribution in [-0.2, 0) is 0 Å². The molecule has 1 aliphatic rings. The second-order valence-corrected chi connectivity index (χ2v) is 5.17. The SMILES string of the molecule is COc1nc(C2CCN(C(=O)O)CC2)ccc1NCCC#N. The maximum absolute atomic E-state index is 10.9. The fourth-order valence-electron chi connectivity index (χ4n) is 2.59. The third kappa shape index (κ3) is 3.79. The molecule has 0 radical (unpaired) electrons. The lowest BCUT2D eigenvalue weighted by atomic mass is 9.93. The van der Waals surface area contributed by atoms with E-state index in [0.29, 0.717) is 31.9 Å². The van der Waals surface area contributed by atoms with Gasteiger partial charge in [0, 0.05) is 31.2 Å². The maximum Gasteiger partial charge on any atom is 0.407 e. The first-order chi connectivity index (χ1) is 10.7. The van der Waals surface area contributed by atoms with Crippen LogP contribution in [0.5, 0.6) is 5.88 Å². The summed E-state index contributed by atoms with van der Waals surface area (Å²) in [6.45, 7) is 1.61. The number of pyridine rings is 1. The number of nitriles is 1. The number of aromatic nitrogens is 1. The predicted octanol–water partition coefficient (Wildman–Crippen LogP) is 2.27. The molecule has 7 nitrogen and oxygen atoms in total. The van der Waals surface area contributed by atoms with Crippen molar-refractivity contribution in [3.8, 4) is 11.9 Å². The van der Waals surface area contributed by atoms with Gasteiger partial charge in [-0.05, 0) is 25.0 Å². The normalized spacial score (nSPS) is 15.2. The van der Waals surface area contributed by atoms with Crippen LogP contribution in [0.3, 0.4) is 0 Å². The lowest BCUT2D eigenvalue weighted by molar-refractivity contribution is 0.131. The first-order valence-corrected chi connectivity index (χ1v) is 7.29. The van der Waals surface area contributed by atoms with Crippen LogP contribution in [0.15, 0.2) is 12.1 Å². The number of ether oxygens (including phenoxy) is 1. The Morgan fingerprint density at radius 1 is 1.55 bits per heavy atom. The highest BCUT2D eigenvalue weighted by atomic mass is 16.5. The molecule has 1 aliphatic heterocycles. The molecule has 0 unspecified atom stereocenters. The quantitative estimate of drug-likeness (QED) is 0.810. The minimum absolute atomic E-state index is 0.248. The van der Waals surface area contributed by atoms with Crippen LogP contribution >= 0.6 is 0 Å². The van der Waals surface area contributed by atoms with E-state index in [2.05, 4.69) is 16.4 Å². The molecule has 0 bridgehead atoms. The zero-order valence-electron chi connectivity index (χ0n) is 12.6. The van der Waals surface area contributed by atoms with Crippen LogP contribution in [0.2, 0.25) is 0 Å². The van der Waals surface area contributed by atoms with E-state index in [1.807, 2.05) is 12.1 Å². The van der Waals surface area contributed by atoms with Crippen molar-refractivity contribution in [1.29, 1.82) is 5.26 Å². The molecule has 0 aromatic carbocycles. The standard InChI is InChI=1S/C15H20N4O3/c1-22-14-13(17-8-2-7-16)4-3-12(18-14)11-5-9-19(10-6-11)15(20)21/h3-4,11,17H,2,5-6,8-10H2,1H3,(H,20,21). The molecule has 1 fully saturated rings. The number of amides is 1. The first-order valence-electron chi connectivity index (χ1n) is 7.29. The van der Waals surface area contributed by atoms with Crippen LogP contribution in [-0.4, -0.2) is 47.8 Å². The van der Waals surface area contributed by atoms with Crippen molar-refractivity contribution in [1.82, 2.24) is 9.88 Å². The monoisotopic (exact) mass is 304 g/mol. The van der Waals surface area contributed by atoms with E-state index < -0.39 is 6.09 Å². The number of anilines is 1. The summed E-state index contributed by atoms with van der Waals surface area (Å²) in [5.74, 6) is 0.758. The topological polar surface area (TPSA) is 98.5 Å². The number of hydrogen-bond donors (Lipinski definition) is 2. The zero-order valence-corrected chi connectivity index (χ0v) is 12.6. The van der Waals surface area contributed by atoms with Gasteiger partial charge in [0.05, 0.1) is 25.3 Å². The highest BCUT2D eigenvalue weighted by Crippen LogP contribution is 2.30. The molecular formula is C15H20N4O3. The van der Waals surface area contributed by atoms with E-state index in [0.717, 1.165) is 24.2 Å². The molecule has 2 heterocycles. The summed E-state index contributed by atoms with van der Waals surface area (Å²) in [6.07, 6.45) is 1.09. The van der Waals surface area contributed by atoms with Crippen LogP contribution in [0.4, 0.5) is 10.5 Å². The van der Waals surface area contributed by atoms with E-state index in [9.17, 15) is 4.79 Å². The Balaban J connectivity index is 2.03. The number of nitrogens with zero attached hydrogens (tertiary/aromatic N) is 3. The van der Waals surface area contributed by atoms with Gasteiger partial charge in [0.15, 0.2) is 0 Å². The van der Waals surface area contributed by atoms with Gasteiger partial charge in [-0.1, -0.05) is 0 Å². The summed E-state index contributed by atoms with van der Waals surface area (Å²) < 4.78 is 5.31. The largest absolute Gasteiger partial charge is 0.480 e. The van der Waals surface area contributed by atoms with Gasteiger partial charge in [0.1, 0.15) is 0 Å². The fraction of sp³-hybridized carbons (Fsp3) is 0.533. The second kappa shape index (κ2) is 7.50. The van der Waals surface area contributed by atoms with E-state index in [4.69, 9.17) is 15.1 Å².